The maximum absolute atomic E-state index is 11.7. The van der Waals surface area contributed by atoms with Crippen molar-refractivity contribution in [1.82, 2.24) is 15.1 Å². The van der Waals surface area contributed by atoms with Gasteiger partial charge in [0.15, 0.2) is 5.82 Å². The zero-order chi connectivity index (χ0) is 17.9. The van der Waals surface area contributed by atoms with E-state index in [1.165, 1.54) is 13.2 Å². The highest BCUT2D eigenvalue weighted by Gasteiger charge is 2.19. The van der Waals surface area contributed by atoms with E-state index >= 15 is 0 Å². The first-order valence-electron chi connectivity index (χ1n) is 7.41. The minimum Gasteiger partial charge on any atom is -0.465 e. The number of ether oxygens (including phenoxy) is 1. The summed E-state index contributed by atoms with van der Waals surface area (Å²) in [6.45, 7) is 5.95. The van der Waals surface area contributed by atoms with Gasteiger partial charge < -0.3 is 14.2 Å². The van der Waals surface area contributed by atoms with Crippen LogP contribution in [0.1, 0.15) is 53.1 Å². The van der Waals surface area contributed by atoms with Crippen LogP contribution in [0, 0.1) is 18.3 Å². The fourth-order valence-electron chi connectivity index (χ4n) is 2.14. The molecule has 0 aliphatic carbocycles. The van der Waals surface area contributed by atoms with E-state index in [9.17, 15) is 10.1 Å². The highest BCUT2D eigenvalue weighted by atomic mass is 16.5. The van der Waals surface area contributed by atoms with Gasteiger partial charge in [0.2, 0.25) is 5.89 Å². The van der Waals surface area contributed by atoms with Crippen LogP contribution in [-0.4, -0.2) is 35.3 Å². The lowest BCUT2D eigenvalue weighted by molar-refractivity contribution is 0.0599. The molecule has 0 aliphatic heterocycles. The van der Waals surface area contributed by atoms with Gasteiger partial charge >= 0.3 is 5.97 Å². The van der Waals surface area contributed by atoms with Crippen molar-refractivity contribution in [3.05, 3.63) is 34.6 Å². The average Bonchev–Trinajstić information content (AvgIpc) is 3.02. The van der Waals surface area contributed by atoms with Gasteiger partial charge in [-0.25, -0.2) is 9.78 Å². The van der Waals surface area contributed by atoms with Crippen molar-refractivity contribution in [3.63, 3.8) is 0 Å². The topological polar surface area (TPSA) is 105 Å². The first-order valence-corrected chi connectivity index (χ1v) is 7.41. The van der Waals surface area contributed by atoms with Crippen molar-refractivity contribution in [2.24, 2.45) is 0 Å². The number of hydrogen-bond acceptors (Lipinski definition) is 8. The number of pyridine rings is 1. The molecule has 0 aliphatic rings. The Morgan fingerprint density at radius 3 is 2.71 bits per heavy atom. The molecule has 0 unspecified atom stereocenters. The summed E-state index contributed by atoms with van der Waals surface area (Å²) in [6.07, 6.45) is 0. The third kappa shape index (κ3) is 3.51. The monoisotopic (exact) mass is 329 g/mol. The quantitative estimate of drug-likeness (QED) is 0.769. The van der Waals surface area contributed by atoms with Crippen molar-refractivity contribution in [2.75, 3.05) is 19.1 Å². The van der Waals surface area contributed by atoms with Crippen molar-refractivity contribution in [1.29, 1.82) is 5.26 Å². The van der Waals surface area contributed by atoms with E-state index in [0.29, 0.717) is 29.8 Å². The molecule has 0 aromatic carbocycles. The molecule has 8 nitrogen and oxygen atoms in total. The Labute approximate surface area is 140 Å². The third-order valence-electron chi connectivity index (χ3n) is 3.44. The lowest BCUT2D eigenvalue weighted by Crippen LogP contribution is -2.21. The standard InChI is InChI=1S/C16H19N5O3/c1-9(2)15-19-13(20-24-15)8-21(4)14-11(7-17)6-12(10(3)18-14)16(22)23-5/h6,9H,8H2,1-5H3. The summed E-state index contributed by atoms with van der Waals surface area (Å²) in [7, 11) is 3.06. The highest BCUT2D eigenvalue weighted by Crippen LogP contribution is 2.22. The smallest absolute Gasteiger partial charge is 0.339 e. The number of aryl methyl sites for hydroxylation is 1. The zero-order valence-corrected chi connectivity index (χ0v) is 14.3. The first kappa shape index (κ1) is 17.4. The molecule has 0 spiro atoms. The average molecular weight is 329 g/mol. The van der Waals surface area contributed by atoms with E-state index in [-0.39, 0.29) is 17.0 Å². The van der Waals surface area contributed by atoms with Gasteiger partial charge in [0.1, 0.15) is 11.9 Å². The van der Waals surface area contributed by atoms with Crippen LogP contribution in [0.15, 0.2) is 10.6 Å². The van der Waals surface area contributed by atoms with Crippen molar-refractivity contribution < 1.29 is 14.1 Å². The second-order valence-corrected chi connectivity index (χ2v) is 5.66. The summed E-state index contributed by atoms with van der Waals surface area (Å²) < 4.78 is 9.88. The summed E-state index contributed by atoms with van der Waals surface area (Å²) in [4.78, 5) is 22.1. The number of carbonyl (C=O) groups is 1. The van der Waals surface area contributed by atoms with E-state index in [0.717, 1.165) is 0 Å². The van der Waals surface area contributed by atoms with Crippen LogP contribution in [0.25, 0.3) is 0 Å². The van der Waals surface area contributed by atoms with Crippen LogP contribution in [0.5, 0.6) is 0 Å². The Balaban J connectivity index is 2.31. The molecule has 0 saturated heterocycles. The molecule has 2 heterocycles. The SMILES string of the molecule is COC(=O)c1cc(C#N)c(N(C)Cc2noc(C(C)C)n2)nc1C. The fourth-order valence-corrected chi connectivity index (χ4v) is 2.14. The fraction of sp³-hybridized carbons (Fsp3) is 0.438. The maximum atomic E-state index is 11.7. The summed E-state index contributed by atoms with van der Waals surface area (Å²) in [5.74, 6) is 1.13. The van der Waals surface area contributed by atoms with Crippen LogP contribution in [-0.2, 0) is 11.3 Å². The van der Waals surface area contributed by atoms with Gasteiger partial charge in [-0.05, 0) is 13.0 Å². The van der Waals surface area contributed by atoms with Crippen LogP contribution in [0.2, 0.25) is 0 Å². The molecule has 8 heteroatoms. The Kier molecular flexibility index (Phi) is 5.14. The molecule has 0 saturated carbocycles. The molecular weight excluding hydrogens is 310 g/mol. The number of carbonyl (C=O) groups excluding carboxylic acids is 1. The molecule has 0 N–H and O–H groups in total. The Morgan fingerprint density at radius 1 is 1.46 bits per heavy atom. The van der Waals surface area contributed by atoms with Gasteiger partial charge in [-0.1, -0.05) is 19.0 Å². The predicted molar refractivity (Wildman–Crippen MR) is 85.5 cm³/mol. The second-order valence-electron chi connectivity index (χ2n) is 5.66. The van der Waals surface area contributed by atoms with Gasteiger partial charge in [-0.15, -0.1) is 0 Å². The number of nitriles is 1. The number of rotatable bonds is 5. The van der Waals surface area contributed by atoms with E-state index in [1.807, 2.05) is 13.8 Å². The number of anilines is 1. The largest absolute Gasteiger partial charge is 0.465 e. The summed E-state index contributed by atoms with van der Waals surface area (Å²) in [5, 5.41) is 13.3. The molecule has 24 heavy (non-hydrogen) atoms. The summed E-state index contributed by atoms with van der Waals surface area (Å²) in [5.41, 5.74) is 1.03. The Bertz CT molecular complexity index is 791. The van der Waals surface area contributed by atoms with Gasteiger partial charge in [-0.2, -0.15) is 10.2 Å². The van der Waals surface area contributed by atoms with Crippen LogP contribution in [0.4, 0.5) is 5.82 Å². The number of hydrogen-bond donors (Lipinski definition) is 0. The zero-order valence-electron chi connectivity index (χ0n) is 14.3. The summed E-state index contributed by atoms with van der Waals surface area (Å²) >= 11 is 0. The molecule has 0 amide bonds. The molecule has 2 aromatic heterocycles. The molecular formula is C16H19N5O3. The lowest BCUT2D eigenvalue weighted by atomic mass is 10.1. The van der Waals surface area contributed by atoms with Gasteiger partial charge in [0, 0.05) is 13.0 Å². The highest BCUT2D eigenvalue weighted by molar-refractivity contribution is 5.91. The van der Waals surface area contributed by atoms with Gasteiger partial charge in [0.25, 0.3) is 0 Å². The number of methoxy groups -OCH3 is 1. The maximum Gasteiger partial charge on any atom is 0.339 e. The second kappa shape index (κ2) is 7.08. The minimum atomic E-state index is -0.523. The molecule has 0 bridgehead atoms. The van der Waals surface area contributed by atoms with E-state index in [4.69, 9.17) is 9.26 Å². The molecule has 126 valence electrons. The van der Waals surface area contributed by atoms with E-state index in [1.54, 1.807) is 18.9 Å². The number of aromatic nitrogens is 3. The molecule has 0 atom stereocenters. The van der Waals surface area contributed by atoms with Crippen LogP contribution in [0.3, 0.4) is 0 Å². The van der Waals surface area contributed by atoms with Gasteiger partial charge in [0.05, 0.1) is 30.5 Å². The summed E-state index contributed by atoms with van der Waals surface area (Å²) in [6, 6.07) is 3.54. The number of nitrogens with zero attached hydrogens (tertiary/aromatic N) is 5. The lowest BCUT2D eigenvalue weighted by Gasteiger charge is -2.18. The van der Waals surface area contributed by atoms with Crippen LogP contribution >= 0.6 is 0 Å². The first-order chi connectivity index (χ1) is 11.4. The Hall–Kier alpha value is -2.95. The third-order valence-corrected chi connectivity index (χ3v) is 3.44. The molecule has 0 radical (unpaired) electrons. The van der Waals surface area contributed by atoms with Crippen molar-refractivity contribution in [3.8, 4) is 6.07 Å². The van der Waals surface area contributed by atoms with Gasteiger partial charge in [-0.3, -0.25) is 0 Å². The van der Waals surface area contributed by atoms with E-state index in [2.05, 4.69) is 21.2 Å². The predicted octanol–water partition coefficient (Wildman–Crippen LogP) is 2.19. The normalized spacial score (nSPS) is 10.5. The molecule has 2 aromatic rings. The van der Waals surface area contributed by atoms with Crippen LogP contribution < -0.4 is 4.90 Å². The van der Waals surface area contributed by atoms with Crippen molar-refractivity contribution in [2.45, 2.75) is 33.2 Å². The minimum absolute atomic E-state index is 0.144. The number of esters is 1. The molecule has 0 fully saturated rings. The van der Waals surface area contributed by atoms with E-state index < -0.39 is 5.97 Å². The molecule has 2 rings (SSSR count). The Morgan fingerprint density at radius 2 is 2.17 bits per heavy atom. The van der Waals surface area contributed by atoms with Crippen molar-refractivity contribution >= 4 is 11.8 Å².